The number of nitrogens with zero attached hydrogens (tertiary/aromatic N) is 2. The van der Waals surface area contributed by atoms with E-state index in [2.05, 4.69) is 169 Å². The molecule has 1 spiro atoms. The molecule has 0 radical (unpaired) electrons. The van der Waals surface area contributed by atoms with Crippen LogP contribution in [0.25, 0.3) is 33.4 Å². The molecule has 0 saturated carbocycles. The van der Waals surface area contributed by atoms with Crippen LogP contribution in [0.5, 0.6) is 11.5 Å². The van der Waals surface area contributed by atoms with E-state index in [1.54, 1.807) is 0 Å². The fraction of sp³-hybridized carbons (Fsp3) is 0.0385. The maximum atomic E-state index is 6.51. The number of fused-ring (bicyclic) bond motifs is 9. The van der Waals surface area contributed by atoms with Crippen LogP contribution in [0.3, 0.4) is 0 Å². The van der Waals surface area contributed by atoms with Crippen molar-refractivity contribution in [3.63, 3.8) is 0 Å². The van der Waals surface area contributed by atoms with Gasteiger partial charge in [-0.1, -0.05) is 176 Å². The van der Waals surface area contributed by atoms with Gasteiger partial charge in [-0.2, -0.15) is 0 Å². The summed E-state index contributed by atoms with van der Waals surface area (Å²) in [6.45, 7) is 0. The van der Waals surface area contributed by atoms with Gasteiger partial charge in [-0.05, 0) is 74.3 Å². The fourth-order valence-electron chi connectivity index (χ4n) is 8.85. The second-order valence-electron chi connectivity index (χ2n) is 14.5. The van der Waals surface area contributed by atoms with Crippen molar-refractivity contribution >= 4 is 11.7 Å². The zero-order valence-corrected chi connectivity index (χ0v) is 30.4. The number of benzene rings is 8. The number of rotatable bonds is 5. The van der Waals surface area contributed by atoms with E-state index in [1.165, 1.54) is 44.5 Å². The largest absolute Gasteiger partial charge is 0.457 e. The summed E-state index contributed by atoms with van der Waals surface area (Å²) in [6, 6.07) is 71.0. The van der Waals surface area contributed by atoms with E-state index in [4.69, 9.17) is 14.7 Å². The lowest BCUT2D eigenvalue weighted by atomic mass is 9.66. The van der Waals surface area contributed by atoms with Crippen LogP contribution < -0.4 is 10.1 Å². The monoisotopic (exact) mass is 717 g/mol. The average Bonchev–Trinajstić information content (AvgIpc) is 3.57. The summed E-state index contributed by atoms with van der Waals surface area (Å²) < 4.78 is 6.51. The van der Waals surface area contributed by atoms with Gasteiger partial charge in [0.2, 0.25) is 0 Å². The lowest BCUT2D eigenvalue weighted by Gasteiger charge is -2.39. The molecule has 1 aliphatic carbocycles. The van der Waals surface area contributed by atoms with Crippen LogP contribution in [-0.4, -0.2) is 11.7 Å². The van der Waals surface area contributed by atoms with Crippen molar-refractivity contribution in [1.82, 2.24) is 5.32 Å². The van der Waals surface area contributed by atoms with E-state index < -0.39 is 5.41 Å². The summed E-state index contributed by atoms with van der Waals surface area (Å²) in [5.74, 6) is 3.43. The van der Waals surface area contributed by atoms with Crippen LogP contribution in [0.15, 0.2) is 210 Å². The molecule has 0 fully saturated rings. The molecule has 1 atom stereocenters. The van der Waals surface area contributed by atoms with Gasteiger partial charge in [0.25, 0.3) is 0 Å². The lowest BCUT2D eigenvalue weighted by Crippen LogP contribution is -2.36. The molecule has 1 N–H and O–H groups in total. The van der Waals surface area contributed by atoms with E-state index in [9.17, 15) is 0 Å². The molecule has 4 heteroatoms. The number of aliphatic imine (C=N–C) groups is 2. The Kier molecular flexibility index (Phi) is 7.42. The normalized spacial score (nSPS) is 15.6. The molecule has 0 amide bonds. The molecule has 56 heavy (non-hydrogen) atoms. The van der Waals surface area contributed by atoms with Crippen molar-refractivity contribution in [1.29, 1.82) is 0 Å². The summed E-state index contributed by atoms with van der Waals surface area (Å²) in [6.07, 6.45) is -0.330. The van der Waals surface area contributed by atoms with Gasteiger partial charge in [0.15, 0.2) is 6.17 Å². The van der Waals surface area contributed by atoms with E-state index in [0.717, 1.165) is 51.0 Å². The minimum absolute atomic E-state index is 0.330. The maximum Gasteiger partial charge on any atom is 0.169 e. The molecule has 3 aliphatic rings. The van der Waals surface area contributed by atoms with Gasteiger partial charge in [0, 0.05) is 22.3 Å². The van der Waals surface area contributed by atoms with Gasteiger partial charge in [0.1, 0.15) is 23.2 Å². The van der Waals surface area contributed by atoms with Crippen molar-refractivity contribution in [2.45, 2.75) is 11.6 Å². The Morgan fingerprint density at radius 2 is 0.857 bits per heavy atom. The molecule has 0 bridgehead atoms. The smallest absolute Gasteiger partial charge is 0.169 e. The lowest BCUT2D eigenvalue weighted by molar-refractivity contribution is 0.436. The topological polar surface area (TPSA) is 46.0 Å². The molecule has 8 aromatic rings. The van der Waals surface area contributed by atoms with Crippen LogP contribution in [0.4, 0.5) is 0 Å². The zero-order chi connectivity index (χ0) is 37.1. The van der Waals surface area contributed by atoms with Crippen LogP contribution in [-0.2, 0) is 5.41 Å². The molecular formula is C52H35N3O. The van der Waals surface area contributed by atoms with E-state index in [0.29, 0.717) is 0 Å². The molecule has 2 heterocycles. The molecule has 4 nitrogen and oxygen atoms in total. The highest BCUT2D eigenvalue weighted by atomic mass is 16.5. The Hall–Kier alpha value is -7.30. The van der Waals surface area contributed by atoms with Gasteiger partial charge in [-0.3, -0.25) is 0 Å². The first kappa shape index (κ1) is 32.2. The predicted molar refractivity (Wildman–Crippen MR) is 227 cm³/mol. The first-order chi connectivity index (χ1) is 27.7. The van der Waals surface area contributed by atoms with Gasteiger partial charge >= 0.3 is 0 Å². The van der Waals surface area contributed by atoms with E-state index in [-0.39, 0.29) is 6.17 Å². The third-order valence-electron chi connectivity index (χ3n) is 11.4. The Morgan fingerprint density at radius 1 is 0.375 bits per heavy atom. The standard InChI is InChI=1S/C52H35N3O/c1-3-14-35(15-4-1)49-53-50(36-16-5-2-6-17-36)55-51(54-49)37-28-26-34(27-29-37)38-18-13-19-39(32-38)40-30-31-44-42(33-40)41-20-7-8-21-43(41)52(44)45-22-9-11-24-47(45)56-48-25-12-10-23-46(48)52/h1-33,49H,(H,53,54,55). The number of hydrogen-bond donors (Lipinski definition) is 1. The molecule has 11 rings (SSSR count). The molecule has 8 aromatic carbocycles. The first-order valence-electron chi connectivity index (χ1n) is 19.1. The summed E-state index contributed by atoms with van der Waals surface area (Å²) >= 11 is 0. The van der Waals surface area contributed by atoms with Crippen molar-refractivity contribution < 1.29 is 4.74 Å². The highest BCUT2D eigenvalue weighted by molar-refractivity contribution is 6.16. The van der Waals surface area contributed by atoms with Gasteiger partial charge in [0.05, 0.1) is 5.41 Å². The number of ether oxygens (including phenoxy) is 1. The summed E-state index contributed by atoms with van der Waals surface area (Å²) in [7, 11) is 0. The van der Waals surface area contributed by atoms with Crippen molar-refractivity contribution in [2.24, 2.45) is 9.98 Å². The molecule has 264 valence electrons. The van der Waals surface area contributed by atoms with Crippen molar-refractivity contribution in [2.75, 3.05) is 0 Å². The third-order valence-corrected chi connectivity index (χ3v) is 11.4. The summed E-state index contributed by atoms with van der Waals surface area (Å²) in [5, 5.41) is 3.53. The number of para-hydroxylation sites is 2. The first-order valence-corrected chi connectivity index (χ1v) is 19.1. The number of amidine groups is 2. The molecule has 0 saturated heterocycles. The van der Waals surface area contributed by atoms with Gasteiger partial charge < -0.3 is 10.1 Å². The Bertz CT molecular complexity index is 2810. The molecule has 0 aromatic heterocycles. The van der Waals surface area contributed by atoms with Crippen LogP contribution in [0, 0.1) is 0 Å². The quantitative estimate of drug-likeness (QED) is 0.193. The Balaban J connectivity index is 0.952. The minimum Gasteiger partial charge on any atom is -0.457 e. The molecule has 1 unspecified atom stereocenters. The van der Waals surface area contributed by atoms with Gasteiger partial charge in [-0.15, -0.1) is 0 Å². The SMILES string of the molecule is c1ccc(C2=NC(c3ccccc3)N=C(c3ccc(-c4cccc(-c5ccc6c(c5)-c5ccccc5C65c6ccccc6Oc6ccccc65)c4)cc3)N2)cc1. The van der Waals surface area contributed by atoms with E-state index in [1.807, 2.05) is 36.4 Å². The van der Waals surface area contributed by atoms with Crippen molar-refractivity contribution in [3.05, 3.63) is 239 Å². The second-order valence-corrected chi connectivity index (χ2v) is 14.5. The fourth-order valence-corrected chi connectivity index (χ4v) is 8.85. The van der Waals surface area contributed by atoms with Crippen molar-refractivity contribution in [3.8, 4) is 44.9 Å². The highest BCUT2D eigenvalue weighted by Crippen LogP contribution is 2.62. The minimum atomic E-state index is -0.466. The van der Waals surface area contributed by atoms with Gasteiger partial charge in [-0.25, -0.2) is 9.98 Å². The molecule has 2 aliphatic heterocycles. The van der Waals surface area contributed by atoms with Crippen LogP contribution >= 0.6 is 0 Å². The predicted octanol–water partition coefficient (Wildman–Crippen LogP) is 12.0. The maximum absolute atomic E-state index is 6.51. The third kappa shape index (κ3) is 5.07. The Labute approximate surface area is 326 Å². The second kappa shape index (κ2) is 12.9. The number of hydrogen-bond acceptors (Lipinski definition) is 4. The highest BCUT2D eigenvalue weighted by Gasteiger charge is 2.50. The number of nitrogens with one attached hydrogen (secondary N) is 1. The van der Waals surface area contributed by atoms with E-state index >= 15 is 0 Å². The summed E-state index contributed by atoms with van der Waals surface area (Å²) in [4.78, 5) is 10.1. The van der Waals surface area contributed by atoms with Crippen LogP contribution in [0.1, 0.15) is 45.1 Å². The zero-order valence-electron chi connectivity index (χ0n) is 30.4. The van der Waals surface area contributed by atoms with Crippen LogP contribution in [0.2, 0.25) is 0 Å². The summed E-state index contributed by atoms with van der Waals surface area (Å²) in [5.41, 5.74) is 14.7. The molecular weight excluding hydrogens is 683 g/mol. The Morgan fingerprint density at radius 3 is 1.55 bits per heavy atom. The average molecular weight is 718 g/mol.